The second-order valence-corrected chi connectivity index (χ2v) is 1.37. The van der Waals surface area contributed by atoms with Gasteiger partial charge in [-0.05, 0) is 11.1 Å². The molecule has 1 nitrogen and oxygen atoms in total. The van der Waals surface area contributed by atoms with Gasteiger partial charge in [0.25, 0.3) is 0 Å². The lowest BCUT2D eigenvalue weighted by Crippen LogP contribution is -1.53. The summed E-state index contributed by atoms with van der Waals surface area (Å²) in [7, 11) is 0. The summed E-state index contributed by atoms with van der Waals surface area (Å²) in [5, 5.41) is 0. The van der Waals surface area contributed by atoms with Gasteiger partial charge >= 0.3 is 0 Å². The van der Waals surface area contributed by atoms with Gasteiger partial charge in [0.2, 0.25) is 0 Å². The van der Waals surface area contributed by atoms with Crippen molar-refractivity contribution in [3.8, 4) is 0 Å². The summed E-state index contributed by atoms with van der Waals surface area (Å²) in [6.45, 7) is 0. The first kappa shape index (κ1) is 6.63. The van der Waals surface area contributed by atoms with Gasteiger partial charge in [-0.1, -0.05) is 28.1 Å². The van der Waals surface area contributed by atoms with E-state index in [-0.39, 0.29) is 0 Å². The van der Waals surface area contributed by atoms with Crippen LogP contribution in [0.5, 0.6) is 0 Å². The maximum Gasteiger partial charge on any atom is 0.142 e. The molecule has 0 amide bonds. The number of hydrogen-bond acceptors (Lipinski definition) is 1. The van der Waals surface area contributed by atoms with Crippen molar-refractivity contribution in [1.82, 2.24) is 0 Å². The number of halogens is 1. The predicted octanol–water partition coefficient (Wildman–Crippen LogP) is 1.65. The molecule has 38 valence electrons. The fourth-order valence-corrected chi connectivity index (χ4v) is 0.328. The lowest BCUT2D eigenvalue weighted by Gasteiger charge is -1.61. The molecule has 0 unspecified atom stereocenters. The van der Waals surface area contributed by atoms with E-state index >= 15 is 0 Å². The third-order valence-electron chi connectivity index (χ3n) is 0.374. The Morgan fingerprint density at radius 1 is 1.14 bits per heavy atom. The van der Waals surface area contributed by atoms with Gasteiger partial charge in [0.1, 0.15) is 6.29 Å². The van der Waals surface area contributed by atoms with Crippen molar-refractivity contribution in [3.05, 3.63) is 23.2 Å². The van der Waals surface area contributed by atoms with Crippen molar-refractivity contribution < 1.29 is 4.79 Å². The fraction of sp³-hybridized carbons (Fsp3) is 0. The normalized spacial score (nSPS) is 11.0. The van der Waals surface area contributed by atoms with Crippen LogP contribution in [0.1, 0.15) is 0 Å². The highest BCUT2D eigenvalue weighted by Crippen LogP contribution is 1.81. The predicted molar refractivity (Wildman–Crippen MR) is 33.3 cm³/mol. The first-order chi connectivity index (χ1) is 3.41. The van der Waals surface area contributed by atoms with Gasteiger partial charge in [-0.3, -0.25) is 4.79 Å². The van der Waals surface area contributed by atoms with Crippen LogP contribution in [0.15, 0.2) is 23.2 Å². The number of allylic oxidation sites excluding steroid dienone is 3. The number of aldehydes is 1. The summed E-state index contributed by atoms with van der Waals surface area (Å²) >= 11 is 3.03. The minimum absolute atomic E-state index is 0.729. The Balaban J connectivity index is 3.27. The summed E-state index contributed by atoms with van der Waals surface area (Å²) in [5.41, 5.74) is 0. The van der Waals surface area contributed by atoms with Crippen LogP contribution in [0.3, 0.4) is 0 Å². The molecule has 0 saturated carbocycles. The molecule has 0 aliphatic heterocycles. The first-order valence-corrected chi connectivity index (χ1v) is 2.70. The number of rotatable bonds is 2. The Bertz CT molecular complexity index is 94.3. The molecule has 0 aliphatic carbocycles. The molecule has 7 heavy (non-hydrogen) atoms. The molecule has 0 fully saturated rings. The zero-order chi connectivity index (χ0) is 5.54. The summed E-state index contributed by atoms with van der Waals surface area (Å²) < 4.78 is 0. The SMILES string of the molecule is O=C/C=C/C=C/Br. The van der Waals surface area contributed by atoms with Crippen LogP contribution >= 0.6 is 15.9 Å². The Hall–Kier alpha value is -0.370. The molecule has 0 aromatic carbocycles. The van der Waals surface area contributed by atoms with Crippen LogP contribution in [-0.4, -0.2) is 6.29 Å². The Morgan fingerprint density at radius 3 is 2.29 bits per heavy atom. The lowest BCUT2D eigenvalue weighted by atomic mass is 10.5. The molecular weight excluding hydrogens is 156 g/mol. The topological polar surface area (TPSA) is 17.1 Å². The third-order valence-corrected chi connectivity index (χ3v) is 0.679. The van der Waals surface area contributed by atoms with Gasteiger partial charge in [0, 0.05) is 0 Å². The van der Waals surface area contributed by atoms with Crippen LogP contribution in [0.25, 0.3) is 0 Å². The smallest absolute Gasteiger partial charge is 0.142 e. The highest BCUT2D eigenvalue weighted by molar-refractivity contribution is 9.11. The van der Waals surface area contributed by atoms with E-state index in [1.54, 1.807) is 17.1 Å². The van der Waals surface area contributed by atoms with Crippen LogP contribution in [0, 0.1) is 0 Å². The minimum atomic E-state index is 0.729. The molecule has 0 radical (unpaired) electrons. The third kappa shape index (κ3) is 5.63. The maximum absolute atomic E-state index is 9.54. The highest BCUT2D eigenvalue weighted by atomic mass is 79.9. The van der Waals surface area contributed by atoms with Crippen molar-refractivity contribution in [3.63, 3.8) is 0 Å². The molecule has 0 spiro atoms. The molecule has 0 N–H and O–H groups in total. The van der Waals surface area contributed by atoms with E-state index in [1.165, 1.54) is 6.08 Å². The Kier molecular flexibility index (Phi) is 5.33. The molecule has 0 saturated heterocycles. The van der Waals surface area contributed by atoms with Crippen molar-refractivity contribution in [2.45, 2.75) is 0 Å². The number of carbonyl (C=O) groups is 1. The van der Waals surface area contributed by atoms with E-state index in [0.29, 0.717) is 0 Å². The molecule has 2 heteroatoms. The average molecular weight is 161 g/mol. The summed E-state index contributed by atoms with van der Waals surface area (Å²) in [6, 6.07) is 0. The van der Waals surface area contributed by atoms with Crippen LogP contribution in [0.2, 0.25) is 0 Å². The fourth-order valence-electron chi connectivity index (χ4n) is 0.152. The zero-order valence-corrected chi connectivity index (χ0v) is 5.26. The largest absolute Gasteiger partial charge is 0.299 e. The number of carbonyl (C=O) groups excluding carboxylic acids is 1. The van der Waals surface area contributed by atoms with Crippen LogP contribution in [-0.2, 0) is 4.79 Å². The molecule has 0 rings (SSSR count). The van der Waals surface area contributed by atoms with Gasteiger partial charge in [-0.15, -0.1) is 0 Å². The van der Waals surface area contributed by atoms with E-state index < -0.39 is 0 Å². The Morgan fingerprint density at radius 2 is 1.86 bits per heavy atom. The van der Waals surface area contributed by atoms with E-state index in [2.05, 4.69) is 15.9 Å². The minimum Gasteiger partial charge on any atom is -0.299 e. The van der Waals surface area contributed by atoms with Crippen molar-refractivity contribution >= 4 is 22.2 Å². The monoisotopic (exact) mass is 160 g/mol. The maximum atomic E-state index is 9.54. The first-order valence-electron chi connectivity index (χ1n) is 1.79. The van der Waals surface area contributed by atoms with Crippen LogP contribution in [0.4, 0.5) is 0 Å². The summed E-state index contributed by atoms with van der Waals surface area (Å²) in [6.07, 6.45) is 5.50. The Labute approximate surface area is 50.8 Å². The molecular formula is C5H5BrO. The van der Waals surface area contributed by atoms with Crippen LogP contribution < -0.4 is 0 Å². The lowest BCUT2D eigenvalue weighted by molar-refractivity contribution is -0.104. The summed E-state index contributed by atoms with van der Waals surface area (Å²) in [5.74, 6) is 0. The quantitative estimate of drug-likeness (QED) is 0.342. The zero-order valence-electron chi connectivity index (χ0n) is 3.67. The summed E-state index contributed by atoms with van der Waals surface area (Å²) in [4.78, 5) is 11.2. The number of hydrogen-bond donors (Lipinski definition) is 0. The van der Waals surface area contributed by atoms with E-state index in [0.717, 1.165) is 6.29 Å². The second kappa shape index (κ2) is 5.63. The van der Waals surface area contributed by atoms with Gasteiger partial charge in [0.15, 0.2) is 0 Å². The molecule has 0 aromatic heterocycles. The van der Waals surface area contributed by atoms with Gasteiger partial charge in [0.05, 0.1) is 0 Å². The second-order valence-electron chi connectivity index (χ2n) is 0.839. The molecule has 0 aromatic rings. The van der Waals surface area contributed by atoms with E-state index in [1.807, 2.05) is 0 Å². The van der Waals surface area contributed by atoms with Gasteiger partial charge < -0.3 is 0 Å². The highest BCUT2D eigenvalue weighted by Gasteiger charge is 1.56. The van der Waals surface area contributed by atoms with Crippen molar-refractivity contribution in [1.29, 1.82) is 0 Å². The van der Waals surface area contributed by atoms with Crippen molar-refractivity contribution in [2.75, 3.05) is 0 Å². The van der Waals surface area contributed by atoms with E-state index in [4.69, 9.17) is 0 Å². The molecule has 0 heterocycles. The average Bonchev–Trinajstić information content (AvgIpc) is 1.69. The van der Waals surface area contributed by atoms with Crippen molar-refractivity contribution in [2.24, 2.45) is 0 Å². The van der Waals surface area contributed by atoms with Gasteiger partial charge in [-0.2, -0.15) is 0 Å². The van der Waals surface area contributed by atoms with E-state index in [9.17, 15) is 4.79 Å². The molecule has 0 aliphatic rings. The molecule has 0 bridgehead atoms. The van der Waals surface area contributed by atoms with Gasteiger partial charge in [-0.25, -0.2) is 0 Å². The molecule has 0 atom stereocenters. The standard InChI is InChI=1S/C5H5BrO/c6-4-2-1-3-5-7/h1-5H/b3-1+,4-2+.